The van der Waals surface area contributed by atoms with E-state index >= 15 is 0 Å². The summed E-state index contributed by atoms with van der Waals surface area (Å²) in [7, 11) is 0. The zero-order valence-electron chi connectivity index (χ0n) is 14.3. The maximum absolute atomic E-state index is 13.7. The second kappa shape index (κ2) is 7.05. The zero-order chi connectivity index (χ0) is 18.0. The molecule has 1 atom stereocenters. The highest BCUT2D eigenvalue weighted by Gasteiger charge is 2.35. The molecule has 1 N–H and O–H groups in total. The molecule has 130 valence electrons. The molecule has 0 aromatic heterocycles. The fourth-order valence-corrected chi connectivity index (χ4v) is 2.97. The van der Waals surface area contributed by atoms with Crippen LogP contribution >= 0.6 is 0 Å². The van der Waals surface area contributed by atoms with Gasteiger partial charge in [-0.15, -0.1) is 0 Å². The van der Waals surface area contributed by atoms with Crippen molar-refractivity contribution in [3.8, 4) is 0 Å². The van der Waals surface area contributed by atoms with Gasteiger partial charge in [0.15, 0.2) is 0 Å². The van der Waals surface area contributed by atoms with Crippen molar-refractivity contribution in [3.63, 3.8) is 0 Å². The van der Waals surface area contributed by atoms with Crippen LogP contribution in [0.5, 0.6) is 0 Å². The van der Waals surface area contributed by atoms with Crippen LogP contribution in [0.4, 0.5) is 15.8 Å². The lowest BCUT2D eigenvalue weighted by molar-refractivity contribution is -0.122. The van der Waals surface area contributed by atoms with Gasteiger partial charge in [0, 0.05) is 18.7 Å². The van der Waals surface area contributed by atoms with Crippen molar-refractivity contribution in [2.45, 2.75) is 26.2 Å². The minimum atomic E-state index is -0.489. The number of hydrogen-bond donors (Lipinski definition) is 1. The van der Waals surface area contributed by atoms with Crippen LogP contribution in [0.15, 0.2) is 48.5 Å². The highest BCUT2D eigenvalue weighted by Crippen LogP contribution is 2.27. The minimum Gasteiger partial charge on any atom is -0.323 e. The summed E-state index contributed by atoms with van der Waals surface area (Å²) < 4.78 is 13.7. The molecule has 3 rings (SSSR count). The lowest BCUT2D eigenvalue weighted by atomic mass is 10.0. The molecule has 0 aliphatic carbocycles. The van der Waals surface area contributed by atoms with Gasteiger partial charge in [0.05, 0.1) is 11.6 Å². The first-order valence-corrected chi connectivity index (χ1v) is 8.41. The Morgan fingerprint density at radius 1 is 1.16 bits per heavy atom. The van der Waals surface area contributed by atoms with Gasteiger partial charge < -0.3 is 10.2 Å². The molecule has 1 heterocycles. The Morgan fingerprint density at radius 3 is 2.48 bits per heavy atom. The summed E-state index contributed by atoms with van der Waals surface area (Å²) in [5.74, 6) is -0.980. The maximum Gasteiger partial charge on any atom is 0.229 e. The average molecular weight is 340 g/mol. The molecule has 1 aliphatic rings. The van der Waals surface area contributed by atoms with Crippen LogP contribution in [-0.4, -0.2) is 18.4 Å². The summed E-state index contributed by atoms with van der Waals surface area (Å²) >= 11 is 0. The van der Waals surface area contributed by atoms with Crippen LogP contribution in [0.3, 0.4) is 0 Å². The number of nitrogens with one attached hydrogen (secondary N) is 1. The second-order valence-electron chi connectivity index (χ2n) is 6.62. The van der Waals surface area contributed by atoms with E-state index in [0.29, 0.717) is 12.5 Å². The van der Waals surface area contributed by atoms with E-state index in [1.807, 2.05) is 24.3 Å². The smallest absolute Gasteiger partial charge is 0.229 e. The predicted molar refractivity (Wildman–Crippen MR) is 96.0 cm³/mol. The zero-order valence-corrected chi connectivity index (χ0v) is 14.3. The fourth-order valence-electron chi connectivity index (χ4n) is 2.97. The monoisotopic (exact) mass is 340 g/mol. The molecule has 1 fully saturated rings. The van der Waals surface area contributed by atoms with Gasteiger partial charge in [-0.05, 0) is 35.7 Å². The third kappa shape index (κ3) is 3.71. The van der Waals surface area contributed by atoms with Gasteiger partial charge in [-0.3, -0.25) is 9.59 Å². The van der Waals surface area contributed by atoms with Crippen LogP contribution < -0.4 is 10.2 Å². The summed E-state index contributed by atoms with van der Waals surface area (Å²) in [5, 5.41) is 2.58. The molecule has 4 nitrogen and oxygen atoms in total. The van der Waals surface area contributed by atoms with Crippen LogP contribution in [0.1, 0.15) is 31.7 Å². The summed E-state index contributed by atoms with van der Waals surface area (Å²) in [5.41, 5.74) is 2.12. The minimum absolute atomic E-state index is 0.0917. The highest BCUT2D eigenvalue weighted by molar-refractivity contribution is 6.03. The highest BCUT2D eigenvalue weighted by atomic mass is 19.1. The number of halogens is 1. The number of amides is 2. The number of para-hydroxylation sites is 1. The largest absolute Gasteiger partial charge is 0.323 e. The Hall–Kier alpha value is -2.69. The van der Waals surface area contributed by atoms with E-state index in [9.17, 15) is 14.0 Å². The van der Waals surface area contributed by atoms with Crippen molar-refractivity contribution in [1.29, 1.82) is 0 Å². The molecule has 25 heavy (non-hydrogen) atoms. The standard InChI is InChI=1S/C20H21FN2O2/c1-13(2)14-7-9-16(10-8-14)23-12-15(11-19(23)24)20(25)22-18-6-4-3-5-17(18)21/h3-10,13,15H,11-12H2,1-2H3,(H,22,25)/t15-/m0/s1. The normalized spacial score (nSPS) is 17.2. The lowest BCUT2D eigenvalue weighted by Gasteiger charge is -2.18. The SMILES string of the molecule is CC(C)c1ccc(N2C[C@@H](C(=O)Nc3ccccc3F)CC2=O)cc1. The van der Waals surface area contributed by atoms with E-state index in [-0.39, 0.29) is 23.9 Å². The maximum atomic E-state index is 13.7. The second-order valence-corrected chi connectivity index (χ2v) is 6.62. The van der Waals surface area contributed by atoms with Crippen molar-refractivity contribution in [3.05, 3.63) is 59.9 Å². The van der Waals surface area contributed by atoms with Gasteiger partial charge in [0.2, 0.25) is 11.8 Å². The molecule has 0 saturated carbocycles. The quantitative estimate of drug-likeness (QED) is 0.916. The van der Waals surface area contributed by atoms with Gasteiger partial charge in [0.25, 0.3) is 0 Å². The summed E-state index contributed by atoms with van der Waals surface area (Å²) in [6.45, 7) is 4.53. The van der Waals surface area contributed by atoms with E-state index in [4.69, 9.17) is 0 Å². The van der Waals surface area contributed by atoms with Crippen molar-refractivity contribution in [2.24, 2.45) is 5.92 Å². The molecule has 2 aromatic carbocycles. The van der Waals surface area contributed by atoms with E-state index in [1.165, 1.54) is 17.7 Å². The number of anilines is 2. The van der Waals surface area contributed by atoms with Crippen molar-refractivity contribution in [1.82, 2.24) is 0 Å². The van der Waals surface area contributed by atoms with Gasteiger partial charge >= 0.3 is 0 Å². The molecule has 2 amide bonds. The molecule has 0 bridgehead atoms. The number of nitrogens with zero attached hydrogens (tertiary/aromatic N) is 1. The van der Waals surface area contributed by atoms with E-state index in [1.54, 1.807) is 17.0 Å². The summed E-state index contributed by atoms with van der Waals surface area (Å²) in [4.78, 5) is 26.3. The lowest BCUT2D eigenvalue weighted by Crippen LogP contribution is -2.28. The van der Waals surface area contributed by atoms with E-state index in [2.05, 4.69) is 19.2 Å². The van der Waals surface area contributed by atoms with Gasteiger partial charge in [0.1, 0.15) is 5.82 Å². The van der Waals surface area contributed by atoms with Gasteiger partial charge in [-0.1, -0.05) is 38.1 Å². The number of benzene rings is 2. The van der Waals surface area contributed by atoms with E-state index < -0.39 is 11.7 Å². The van der Waals surface area contributed by atoms with Gasteiger partial charge in [-0.2, -0.15) is 0 Å². The Kier molecular flexibility index (Phi) is 4.83. The Labute approximate surface area is 146 Å². The molecular weight excluding hydrogens is 319 g/mol. The third-order valence-electron chi connectivity index (χ3n) is 4.50. The first-order chi connectivity index (χ1) is 12.0. The topological polar surface area (TPSA) is 49.4 Å². The molecule has 1 aliphatic heterocycles. The molecular formula is C20H21FN2O2. The number of rotatable bonds is 4. The summed E-state index contributed by atoms with van der Waals surface area (Å²) in [6, 6.07) is 13.8. The number of hydrogen-bond acceptors (Lipinski definition) is 2. The molecule has 0 spiro atoms. The van der Waals surface area contributed by atoms with Gasteiger partial charge in [-0.25, -0.2) is 4.39 Å². The Bertz CT molecular complexity index is 787. The van der Waals surface area contributed by atoms with Crippen LogP contribution in [-0.2, 0) is 9.59 Å². The number of carbonyl (C=O) groups is 2. The average Bonchev–Trinajstić information content (AvgIpc) is 2.99. The first kappa shape index (κ1) is 17.1. The Balaban J connectivity index is 1.69. The van der Waals surface area contributed by atoms with E-state index in [0.717, 1.165) is 5.69 Å². The molecule has 0 radical (unpaired) electrons. The predicted octanol–water partition coefficient (Wildman–Crippen LogP) is 3.94. The molecule has 2 aromatic rings. The Morgan fingerprint density at radius 2 is 1.84 bits per heavy atom. The van der Waals surface area contributed by atoms with Crippen LogP contribution in [0.2, 0.25) is 0 Å². The van der Waals surface area contributed by atoms with Crippen molar-refractivity contribution < 1.29 is 14.0 Å². The van der Waals surface area contributed by atoms with Crippen LogP contribution in [0.25, 0.3) is 0 Å². The molecule has 0 unspecified atom stereocenters. The fraction of sp³-hybridized carbons (Fsp3) is 0.300. The molecule has 1 saturated heterocycles. The number of carbonyl (C=O) groups excluding carboxylic acids is 2. The van der Waals surface area contributed by atoms with Crippen molar-refractivity contribution in [2.75, 3.05) is 16.8 Å². The summed E-state index contributed by atoms with van der Waals surface area (Å²) in [6.07, 6.45) is 0.131. The molecule has 5 heteroatoms. The van der Waals surface area contributed by atoms with Crippen molar-refractivity contribution >= 4 is 23.2 Å². The third-order valence-corrected chi connectivity index (χ3v) is 4.50. The first-order valence-electron chi connectivity index (χ1n) is 8.41. The van der Waals surface area contributed by atoms with Crippen LogP contribution in [0, 0.1) is 11.7 Å².